The highest BCUT2D eigenvalue weighted by molar-refractivity contribution is 7.85. The minimum absolute atomic E-state index is 0. The van der Waals surface area contributed by atoms with Gasteiger partial charge in [0.05, 0.1) is 29.0 Å². The third kappa shape index (κ3) is 13.9. The van der Waals surface area contributed by atoms with E-state index in [1.165, 1.54) is 18.5 Å². The van der Waals surface area contributed by atoms with Crippen molar-refractivity contribution in [2.45, 2.75) is 19.1 Å². The number of carbonyl (C=O) groups excluding carboxylic acids is 1. The van der Waals surface area contributed by atoms with Crippen LogP contribution in [0.5, 0.6) is 11.5 Å². The van der Waals surface area contributed by atoms with E-state index in [1.807, 2.05) is 16.8 Å². The molecule has 2 aromatic heterocycles. The molecule has 0 saturated heterocycles. The van der Waals surface area contributed by atoms with Crippen LogP contribution in [0.3, 0.4) is 0 Å². The van der Waals surface area contributed by atoms with Crippen LogP contribution in [0.2, 0.25) is 5.02 Å². The van der Waals surface area contributed by atoms with Crippen molar-refractivity contribution in [3.8, 4) is 11.5 Å². The Morgan fingerprint density at radius 1 is 1.14 bits per heavy atom. The van der Waals surface area contributed by atoms with Crippen LogP contribution in [-0.4, -0.2) is 57.9 Å². The molecule has 0 aliphatic carbocycles. The normalized spacial score (nSPS) is 10.6. The lowest BCUT2D eigenvalue weighted by Gasteiger charge is -2.13. The van der Waals surface area contributed by atoms with Gasteiger partial charge in [0.2, 0.25) is 5.91 Å². The Labute approximate surface area is 268 Å². The standard InChI is InChI=1S/C21H17ClF3N5O.C3H7NO2.CH4O3S.2ClH/c22-16-11-14(29-20-19-17(27-12-28-20)6-8-30(19)9-7-26)4-5-18(16)31-15-3-1-2-13(10-15)21(23,24)25;4-3(6)1-2-5;1-5(2,3)4;;/h1-6,8,10-12H,7,9,26H2,(H,27,28,29);5H,1-2H2,(H2,4,6);1H3,(H,2,3,4);2*1H. The van der Waals surface area contributed by atoms with Gasteiger partial charge in [-0.05, 0) is 42.5 Å². The lowest BCUT2D eigenvalue weighted by Crippen LogP contribution is -2.11. The molecule has 12 nitrogen and oxygen atoms in total. The average Bonchev–Trinajstić information content (AvgIpc) is 3.29. The van der Waals surface area contributed by atoms with E-state index < -0.39 is 27.8 Å². The molecule has 19 heteroatoms. The second kappa shape index (κ2) is 18.4. The smallest absolute Gasteiger partial charge is 0.416 e. The number of nitrogens with one attached hydrogen (secondary N) is 1. The Kier molecular flexibility index (Phi) is 17.0. The van der Waals surface area contributed by atoms with Gasteiger partial charge in [-0.25, -0.2) is 9.97 Å². The zero-order valence-corrected chi connectivity index (χ0v) is 26.1. The molecule has 0 saturated carbocycles. The molecule has 0 unspecified atom stereocenters. The first-order valence-corrected chi connectivity index (χ1v) is 14.1. The molecular weight excluding hydrogens is 676 g/mol. The molecule has 2 heterocycles. The van der Waals surface area contributed by atoms with Crippen molar-refractivity contribution in [3.05, 3.63) is 71.6 Å². The summed E-state index contributed by atoms with van der Waals surface area (Å²) in [4.78, 5) is 18.2. The van der Waals surface area contributed by atoms with Gasteiger partial charge in [0.15, 0.2) is 5.82 Å². The molecule has 44 heavy (non-hydrogen) atoms. The van der Waals surface area contributed by atoms with Crippen molar-refractivity contribution in [2.24, 2.45) is 11.5 Å². The number of nitrogens with zero attached hydrogens (tertiary/aromatic N) is 3. The number of carbonyl (C=O) groups is 1. The molecule has 0 radical (unpaired) electrons. The first-order valence-electron chi connectivity index (χ1n) is 11.9. The van der Waals surface area contributed by atoms with Crippen molar-refractivity contribution in [1.82, 2.24) is 14.5 Å². The molecule has 244 valence electrons. The molecule has 0 fully saturated rings. The third-order valence-electron chi connectivity index (χ3n) is 4.86. The SMILES string of the molecule is CS(=O)(=O)O.Cl.Cl.NC(=O)CCO.NCCn1ccc2ncnc(Nc3ccc(Oc4cccc(C(F)(F)F)c4)c(Cl)c3)c21. The van der Waals surface area contributed by atoms with E-state index in [4.69, 9.17) is 31.7 Å². The maximum atomic E-state index is 12.9. The summed E-state index contributed by atoms with van der Waals surface area (Å²) in [7, 11) is -3.67. The summed E-state index contributed by atoms with van der Waals surface area (Å²) in [5, 5.41) is 11.4. The van der Waals surface area contributed by atoms with Gasteiger partial charge in [0, 0.05) is 31.4 Å². The number of benzene rings is 2. The summed E-state index contributed by atoms with van der Waals surface area (Å²) < 4.78 is 72.1. The number of amides is 1. The molecular formula is C25H30Cl3F3N6O6S. The van der Waals surface area contributed by atoms with Crippen LogP contribution < -0.4 is 21.5 Å². The van der Waals surface area contributed by atoms with E-state index in [1.54, 1.807) is 18.2 Å². The number of hydrogen-bond donors (Lipinski definition) is 5. The molecule has 0 aliphatic rings. The van der Waals surface area contributed by atoms with Crippen molar-refractivity contribution in [1.29, 1.82) is 0 Å². The minimum atomic E-state index is -4.46. The molecule has 0 aliphatic heterocycles. The summed E-state index contributed by atoms with van der Waals surface area (Å²) in [5.41, 5.74) is 11.7. The van der Waals surface area contributed by atoms with Crippen LogP contribution in [0.4, 0.5) is 24.7 Å². The molecule has 1 amide bonds. The van der Waals surface area contributed by atoms with Gasteiger partial charge in [-0.1, -0.05) is 17.7 Å². The van der Waals surface area contributed by atoms with Gasteiger partial charge in [0.25, 0.3) is 10.1 Å². The highest BCUT2D eigenvalue weighted by Gasteiger charge is 2.30. The molecule has 0 bridgehead atoms. The highest BCUT2D eigenvalue weighted by atomic mass is 35.5. The Hall–Kier alpha value is -3.38. The summed E-state index contributed by atoms with van der Waals surface area (Å²) in [6.07, 6.45) is -0.338. The summed E-state index contributed by atoms with van der Waals surface area (Å²) in [6, 6.07) is 11.3. The molecule has 0 spiro atoms. The Morgan fingerprint density at radius 3 is 2.32 bits per heavy atom. The van der Waals surface area contributed by atoms with Gasteiger partial charge in [-0.2, -0.15) is 21.6 Å². The van der Waals surface area contributed by atoms with Gasteiger partial charge in [-0.15, -0.1) is 24.8 Å². The number of hydrogen-bond acceptors (Lipinski definition) is 9. The van der Waals surface area contributed by atoms with Gasteiger partial charge in [0.1, 0.15) is 23.3 Å². The fraction of sp³-hybridized carbons (Fsp3) is 0.240. The lowest BCUT2D eigenvalue weighted by atomic mass is 10.2. The Balaban J connectivity index is 0.00000123. The van der Waals surface area contributed by atoms with Gasteiger partial charge < -0.3 is 31.2 Å². The number of aromatic nitrogens is 3. The summed E-state index contributed by atoms with van der Waals surface area (Å²) in [5.74, 6) is 0.379. The number of anilines is 2. The molecule has 4 rings (SSSR count). The van der Waals surface area contributed by atoms with Crippen molar-refractivity contribution < 1.29 is 40.8 Å². The van der Waals surface area contributed by atoms with Gasteiger partial charge >= 0.3 is 6.18 Å². The van der Waals surface area contributed by atoms with E-state index in [2.05, 4.69) is 21.0 Å². The van der Waals surface area contributed by atoms with Crippen LogP contribution in [0.25, 0.3) is 11.0 Å². The molecule has 0 atom stereocenters. The van der Waals surface area contributed by atoms with Crippen LogP contribution >= 0.6 is 36.4 Å². The number of rotatable bonds is 8. The number of alkyl halides is 3. The monoisotopic (exact) mass is 704 g/mol. The maximum absolute atomic E-state index is 12.9. The quantitative estimate of drug-likeness (QED) is 0.159. The Bertz CT molecular complexity index is 1600. The Morgan fingerprint density at radius 2 is 1.80 bits per heavy atom. The third-order valence-corrected chi connectivity index (χ3v) is 5.16. The van der Waals surface area contributed by atoms with E-state index in [-0.39, 0.29) is 54.4 Å². The largest absolute Gasteiger partial charge is 0.456 e. The van der Waals surface area contributed by atoms with E-state index in [9.17, 15) is 26.4 Å². The summed E-state index contributed by atoms with van der Waals surface area (Å²) in [6.45, 7) is 0.928. The number of fused-ring (bicyclic) bond motifs is 1. The average molecular weight is 706 g/mol. The van der Waals surface area contributed by atoms with Crippen LogP contribution in [-0.2, 0) is 27.6 Å². The maximum Gasteiger partial charge on any atom is 0.416 e. The second-order valence-electron chi connectivity index (χ2n) is 8.32. The van der Waals surface area contributed by atoms with E-state index in [0.717, 1.165) is 23.2 Å². The summed E-state index contributed by atoms with van der Waals surface area (Å²) >= 11 is 6.31. The number of nitrogens with two attached hydrogens (primary N) is 2. The highest BCUT2D eigenvalue weighted by Crippen LogP contribution is 2.36. The predicted molar refractivity (Wildman–Crippen MR) is 166 cm³/mol. The first kappa shape index (κ1) is 40.6. The second-order valence-corrected chi connectivity index (χ2v) is 10.2. The van der Waals surface area contributed by atoms with Crippen molar-refractivity contribution in [2.75, 3.05) is 24.7 Å². The van der Waals surface area contributed by atoms with Gasteiger partial charge in [-0.3, -0.25) is 9.35 Å². The van der Waals surface area contributed by atoms with E-state index in [0.29, 0.717) is 30.9 Å². The first-order chi connectivity index (χ1) is 19.6. The van der Waals surface area contributed by atoms with E-state index >= 15 is 0 Å². The van der Waals surface area contributed by atoms with Crippen LogP contribution in [0, 0.1) is 0 Å². The number of ether oxygens (including phenoxy) is 1. The number of aliphatic hydroxyl groups excluding tert-OH is 1. The zero-order chi connectivity index (χ0) is 31.5. The topological polar surface area (TPSA) is 196 Å². The minimum Gasteiger partial charge on any atom is -0.456 e. The molecule has 7 N–H and O–H groups in total. The fourth-order valence-electron chi connectivity index (χ4n) is 3.22. The number of aliphatic hydroxyl groups is 1. The van der Waals surface area contributed by atoms with Crippen LogP contribution in [0.15, 0.2) is 61.1 Å². The lowest BCUT2D eigenvalue weighted by molar-refractivity contribution is -0.137. The fourth-order valence-corrected chi connectivity index (χ4v) is 3.44. The van der Waals surface area contributed by atoms with Crippen molar-refractivity contribution in [3.63, 3.8) is 0 Å². The number of halogens is 6. The number of primary amides is 1. The molecule has 2 aromatic carbocycles. The van der Waals surface area contributed by atoms with Crippen molar-refractivity contribution >= 4 is 75.0 Å². The van der Waals surface area contributed by atoms with Crippen LogP contribution in [0.1, 0.15) is 12.0 Å². The zero-order valence-electron chi connectivity index (χ0n) is 22.9. The predicted octanol–water partition coefficient (Wildman–Crippen LogP) is 4.80. The molecule has 4 aromatic rings.